The van der Waals surface area contributed by atoms with Crippen molar-refractivity contribution in [2.24, 2.45) is 0 Å². The molecule has 2 N–H and O–H groups in total. The molecule has 0 spiro atoms. The minimum absolute atomic E-state index is 0.258. The van der Waals surface area contributed by atoms with Crippen molar-refractivity contribution < 1.29 is 22.7 Å². The molecule has 0 aliphatic heterocycles. The minimum atomic E-state index is -4.88. The number of nitrogens with zero attached hydrogens (tertiary/aromatic N) is 2. The summed E-state index contributed by atoms with van der Waals surface area (Å²) in [4.78, 5) is 9.39. The third-order valence-corrected chi connectivity index (χ3v) is 5.98. The maximum Gasteiger partial charge on any atom is 0.417 e. The molecule has 3 aromatic rings. The van der Waals surface area contributed by atoms with Gasteiger partial charge < -0.3 is 15.0 Å². The molecule has 0 amide bonds. The topological polar surface area (TPSA) is 52.1 Å². The largest absolute Gasteiger partial charge is 0.417 e. The lowest BCUT2D eigenvalue weighted by Gasteiger charge is -2.38. The monoisotopic (exact) mass is 451 g/mol. The summed E-state index contributed by atoms with van der Waals surface area (Å²) in [5.41, 5.74) is -2.86. The first-order chi connectivity index (χ1) is 14.9. The van der Waals surface area contributed by atoms with Crippen LogP contribution in [-0.2, 0) is 11.8 Å². The summed E-state index contributed by atoms with van der Waals surface area (Å²) in [7, 11) is 0. The van der Waals surface area contributed by atoms with Crippen molar-refractivity contribution in [2.45, 2.75) is 57.7 Å². The Morgan fingerprint density at radius 2 is 1.75 bits per heavy atom. The van der Waals surface area contributed by atoms with Crippen LogP contribution in [0.4, 0.5) is 23.4 Å². The number of H-pyrrole nitrogens is 1. The first kappa shape index (κ1) is 24.0. The first-order valence-corrected chi connectivity index (χ1v) is 10.7. The van der Waals surface area contributed by atoms with Gasteiger partial charge in [-0.3, -0.25) is 0 Å². The summed E-state index contributed by atoms with van der Waals surface area (Å²) in [6.45, 7) is 8.67. The van der Waals surface area contributed by atoms with Gasteiger partial charge in [-0.05, 0) is 55.5 Å². The van der Waals surface area contributed by atoms with E-state index in [0.29, 0.717) is 11.1 Å². The van der Waals surface area contributed by atoms with Gasteiger partial charge in [-0.25, -0.2) is 9.37 Å². The molecule has 0 bridgehead atoms. The number of rotatable bonds is 8. The van der Waals surface area contributed by atoms with Crippen LogP contribution in [0.1, 0.15) is 45.4 Å². The second kappa shape index (κ2) is 8.73. The molecule has 0 fully saturated rings. The van der Waals surface area contributed by atoms with Crippen LogP contribution in [-0.4, -0.2) is 39.9 Å². The van der Waals surface area contributed by atoms with Crippen LogP contribution in [0.5, 0.6) is 0 Å². The van der Waals surface area contributed by atoms with Gasteiger partial charge in [0.05, 0.1) is 11.7 Å². The van der Waals surface area contributed by atoms with Crippen LogP contribution in [0.25, 0.3) is 10.9 Å². The molecule has 3 rings (SSSR count). The normalized spacial score (nSPS) is 14.5. The van der Waals surface area contributed by atoms with Crippen LogP contribution in [0.15, 0.2) is 42.6 Å². The number of hydrogen-bond donors (Lipinski definition) is 2. The van der Waals surface area contributed by atoms with E-state index in [4.69, 9.17) is 0 Å². The van der Waals surface area contributed by atoms with Gasteiger partial charge in [0.15, 0.2) is 5.60 Å². The Hall–Kier alpha value is -2.61. The molecule has 2 heterocycles. The molecule has 0 saturated heterocycles. The zero-order chi connectivity index (χ0) is 23.7. The summed E-state index contributed by atoms with van der Waals surface area (Å²) < 4.78 is 55.9. The van der Waals surface area contributed by atoms with Crippen molar-refractivity contribution in [3.8, 4) is 0 Å². The van der Waals surface area contributed by atoms with Crippen molar-refractivity contribution in [1.29, 1.82) is 0 Å². The van der Waals surface area contributed by atoms with Crippen molar-refractivity contribution in [3.63, 3.8) is 0 Å². The number of benzene rings is 1. The van der Waals surface area contributed by atoms with E-state index in [9.17, 15) is 22.7 Å². The summed E-state index contributed by atoms with van der Waals surface area (Å²) in [6.07, 6.45) is -4.55. The van der Waals surface area contributed by atoms with E-state index in [1.54, 1.807) is 32.2 Å². The van der Waals surface area contributed by atoms with E-state index in [1.165, 1.54) is 18.2 Å². The molecule has 0 aliphatic rings. The quantitative estimate of drug-likeness (QED) is 0.429. The Labute approximate surface area is 185 Å². The maximum absolute atomic E-state index is 14.1. The fourth-order valence-electron chi connectivity index (χ4n) is 4.22. The summed E-state index contributed by atoms with van der Waals surface area (Å²) in [5.74, 6) is 0.213. The average Bonchev–Trinajstić information content (AvgIpc) is 3.09. The Morgan fingerprint density at radius 1 is 1.06 bits per heavy atom. The number of halogens is 4. The zero-order valence-corrected chi connectivity index (χ0v) is 18.7. The van der Waals surface area contributed by atoms with Crippen LogP contribution >= 0.6 is 0 Å². The van der Waals surface area contributed by atoms with Crippen LogP contribution < -0.4 is 4.90 Å². The highest BCUT2D eigenvalue weighted by Gasteiger charge is 2.56. The van der Waals surface area contributed by atoms with Crippen molar-refractivity contribution in [3.05, 3.63) is 59.7 Å². The number of nitrogens with one attached hydrogen (secondary N) is 1. The van der Waals surface area contributed by atoms with Gasteiger partial charge in [0.2, 0.25) is 0 Å². The molecule has 32 heavy (non-hydrogen) atoms. The Balaban J connectivity index is 1.93. The Morgan fingerprint density at radius 3 is 2.34 bits per heavy atom. The van der Waals surface area contributed by atoms with Gasteiger partial charge in [0.1, 0.15) is 11.6 Å². The lowest BCUT2D eigenvalue weighted by molar-refractivity contribution is -0.266. The molecule has 8 heteroatoms. The van der Waals surface area contributed by atoms with E-state index in [0.717, 1.165) is 24.3 Å². The fourth-order valence-corrected chi connectivity index (χ4v) is 4.22. The zero-order valence-electron chi connectivity index (χ0n) is 18.7. The van der Waals surface area contributed by atoms with Crippen LogP contribution in [0.3, 0.4) is 0 Å². The van der Waals surface area contributed by atoms with Crippen LogP contribution in [0, 0.1) is 5.82 Å². The van der Waals surface area contributed by atoms with E-state index in [2.05, 4.69) is 9.97 Å². The number of aromatic amines is 1. The smallest absolute Gasteiger partial charge is 0.380 e. The number of aliphatic hydroxyl groups is 1. The van der Waals surface area contributed by atoms with Crippen molar-refractivity contribution >= 4 is 16.7 Å². The summed E-state index contributed by atoms with van der Waals surface area (Å²) in [6, 6.07) is 8.92. The number of fused-ring (bicyclic) bond motifs is 1. The first-order valence-electron chi connectivity index (χ1n) is 10.7. The van der Waals surface area contributed by atoms with Crippen molar-refractivity contribution in [1.82, 2.24) is 9.97 Å². The molecule has 1 unspecified atom stereocenters. The highest BCUT2D eigenvalue weighted by atomic mass is 19.4. The predicted octanol–water partition coefficient (Wildman–Crippen LogP) is 5.75. The molecule has 1 atom stereocenters. The molecule has 4 nitrogen and oxygen atoms in total. The van der Waals surface area contributed by atoms with E-state index < -0.39 is 35.9 Å². The molecule has 174 valence electrons. The molecule has 1 aromatic carbocycles. The number of pyridine rings is 1. The van der Waals surface area contributed by atoms with E-state index >= 15 is 0 Å². The molecule has 2 aromatic heterocycles. The molecular formula is C24H29F4N3O. The van der Waals surface area contributed by atoms with Gasteiger partial charge in [0.25, 0.3) is 0 Å². The Kier molecular flexibility index (Phi) is 6.56. The SMILES string of the molecule is CCN(CC)c1cc2cc(CC(O)(CC(C)(C)c3cccc(F)c3)C(F)(F)F)[nH]c2cn1. The third kappa shape index (κ3) is 4.90. The van der Waals surface area contributed by atoms with Gasteiger partial charge in [-0.2, -0.15) is 13.2 Å². The molecule has 0 radical (unpaired) electrons. The third-order valence-electron chi connectivity index (χ3n) is 5.98. The fraction of sp³-hybridized carbons (Fsp3) is 0.458. The number of alkyl halides is 3. The second-order valence-electron chi connectivity index (χ2n) is 8.87. The number of hydrogen-bond acceptors (Lipinski definition) is 3. The summed E-state index contributed by atoms with van der Waals surface area (Å²) in [5, 5.41) is 11.6. The summed E-state index contributed by atoms with van der Waals surface area (Å²) >= 11 is 0. The lowest BCUT2D eigenvalue weighted by atomic mass is 9.73. The van der Waals surface area contributed by atoms with E-state index in [1.807, 2.05) is 24.8 Å². The van der Waals surface area contributed by atoms with Gasteiger partial charge in [-0.1, -0.05) is 26.0 Å². The maximum atomic E-state index is 14.1. The number of aromatic nitrogens is 2. The van der Waals surface area contributed by atoms with Gasteiger partial charge >= 0.3 is 6.18 Å². The minimum Gasteiger partial charge on any atom is -0.380 e. The van der Waals surface area contributed by atoms with E-state index in [-0.39, 0.29) is 5.69 Å². The molecule has 0 saturated carbocycles. The Bertz CT molecular complexity index is 1070. The van der Waals surface area contributed by atoms with Gasteiger partial charge in [-0.15, -0.1) is 0 Å². The highest BCUT2D eigenvalue weighted by Crippen LogP contribution is 2.43. The second-order valence-corrected chi connectivity index (χ2v) is 8.87. The highest BCUT2D eigenvalue weighted by molar-refractivity contribution is 5.82. The lowest BCUT2D eigenvalue weighted by Crippen LogP contribution is -2.50. The average molecular weight is 452 g/mol. The van der Waals surface area contributed by atoms with Crippen LogP contribution in [0.2, 0.25) is 0 Å². The molecule has 0 aliphatic carbocycles. The van der Waals surface area contributed by atoms with Crippen molar-refractivity contribution in [2.75, 3.05) is 18.0 Å². The molecular weight excluding hydrogens is 422 g/mol. The number of anilines is 1. The van der Waals surface area contributed by atoms with Gasteiger partial charge in [0, 0.05) is 30.6 Å². The predicted molar refractivity (Wildman–Crippen MR) is 118 cm³/mol. The standard InChI is InChI=1S/C24H29F4N3O/c1-5-31(6-2)21-11-16-10-19(30-20(16)14-29-21)13-23(32,24(26,27)28)15-22(3,4)17-8-7-9-18(25)12-17/h7-12,14,30,32H,5-6,13,15H2,1-4H3.